The van der Waals surface area contributed by atoms with E-state index in [0.29, 0.717) is 11.3 Å². The van der Waals surface area contributed by atoms with E-state index in [0.717, 1.165) is 18.4 Å². The highest BCUT2D eigenvalue weighted by Gasteiger charge is 2.30. The molecule has 1 heterocycles. The van der Waals surface area contributed by atoms with Crippen LogP contribution in [0.4, 0.5) is 0 Å². The molecule has 0 unspecified atom stereocenters. The van der Waals surface area contributed by atoms with E-state index < -0.39 is 6.10 Å². The van der Waals surface area contributed by atoms with Crippen LogP contribution in [0.3, 0.4) is 0 Å². The monoisotopic (exact) mass is 272 g/mol. The predicted octanol–water partition coefficient (Wildman–Crippen LogP) is 2.29. The Hall–Kier alpha value is -2.14. The van der Waals surface area contributed by atoms with Gasteiger partial charge in [-0.2, -0.15) is 0 Å². The number of hydrogen-bond acceptors (Lipinski definition) is 4. The van der Waals surface area contributed by atoms with Crippen molar-refractivity contribution in [3.8, 4) is 11.3 Å². The zero-order chi connectivity index (χ0) is 14.1. The fourth-order valence-electron chi connectivity index (χ4n) is 2.09. The number of hydrogen-bond donors (Lipinski definition) is 2. The summed E-state index contributed by atoms with van der Waals surface area (Å²) < 4.78 is 5.17. The molecular weight excluding hydrogens is 256 g/mol. The third-order valence-electron chi connectivity index (χ3n) is 3.28. The lowest BCUT2D eigenvalue weighted by atomic mass is 10.0. The van der Waals surface area contributed by atoms with Gasteiger partial charge in [0.05, 0.1) is 0 Å². The van der Waals surface area contributed by atoms with Gasteiger partial charge in [0.2, 0.25) is 0 Å². The molecule has 0 saturated heterocycles. The highest BCUT2D eigenvalue weighted by molar-refractivity contribution is 6.01. The second-order valence-electron chi connectivity index (χ2n) is 5.06. The largest absolute Gasteiger partial charge is 0.385 e. The van der Waals surface area contributed by atoms with Crippen molar-refractivity contribution in [3.63, 3.8) is 0 Å². The zero-order valence-electron chi connectivity index (χ0n) is 11.2. The van der Waals surface area contributed by atoms with Gasteiger partial charge in [0.25, 0.3) is 5.91 Å². The molecule has 0 radical (unpaired) electrons. The predicted molar refractivity (Wildman–Crippen MR) is 73.1 cm³/mol. The van der Waals surface area contributed by atoms with Crippen molar-refractivity contribution in [2.24, 2.45) is 0 Å². The Balaban J connectivity index is 2.03. The smallest absolute Gasteiger partial charge is 0.257 e. The maximum Gasteiger partial charge on any atom is 0.257 e. The van der Waals surface area contributed by atoms with Crippen LogP contribution in [0.25, 0.3) is 11.3 Å². The van der Waals surface area contributed by atoms with E-state index >= 15 is 0 Å². The van der Waals surface area contributed by atoms with Crippen LogP contribution in [0.1, 0.15) is 42.0 Å². The summed E-state index contributed by atoms with van der Waals surface area (Å²) in [6.45, 7) is 1.56. The lowest BCUT2D eigenvalue weighted by Gasteiger charge is -2.06. The number of rotatable bonds is 4. The van der Waals surface area contributed by atoms with E-state index in [1.807, 2.05) is 30.3 Å². The molecule has 0 spiro atoms. The summed E-state index contributed by atoms with van der Waals surface area (Å²) in [5.41, 5.74) is 1.60. The summed E-state index contributed by atoms with van der Waals surface area (Å²) in [4.78, 5) is 12.4. The van der Waals surface area contributed by atoms with Crippen LogP contribution in [0.15, 0.2) is 34.9 Å². The molecule has 104 valence electrons. The lowest BCUT2D eigenvalue weighted by molar-refractivity contribution is 0.0938. The molecule has 20 heavy (non-hydrogen) atoms. The van der Waals surface area contributed by atoms with E-state index in [1.165, 1.54) is 0 Å². The fraction of sp³-hybridized carbons (Fsp3) is 0.333. The fourth-order valence-corrected chi connectivity index (χ4v) is 2.09. The van der Waals surface area contributed by atoms with Crippen molar-refractivity contribution in [2.45, 2.75) is 31.9 Å². The molecule has 1 amide bonds. The molecule has 1 aromatic heterocycles. The van der Waals surface area contributed by atoms with Crippen LogP contribution in [0.5, 0.6) is 0 Å². The van der Waals surface area contributed by atoms with Gasteiger partial charge >= 0.3 is 0 Å². The first kappa shape index (κ1) is 12.9. The van der Waals surface area contributed by atoms with E-state index in [-0.39, 0.29) is 17.7 Å². The quantitative estimate of drug-likeness (QED) is 0.895. The Labute approximate surface area is 116 Å². The number of amides is 1. The van der Waals surface area contributed by atoms with Crippen molar-refractivity contribution >= 4 is 5.91 Å². The van der Waals surface area contributed by atoms with Crippen molar-refractivity contribution < 1.29 is 14.4 Å². The molecule has 1 aliphatic rings. The first-order valence-corrected chi connectivity index (χ1v) is 6.70. The molecular formula is C15H16N2O3. The molecule has 3 rings (SSSR count). The second kappa shape index (κ2) is 5.09. The molecule has 2 N–H and O–H groups in total. The van der Waals surface area contributed by atoms with Gasteiger partial charge in [0, 0.05) is 11.6 Å². The first-order valence-electron chi connectivity index (χ1n) is 6.70. The summed E-state index contributed by atoms with van der Waals surface area (Å²) in [7, 11) is 0. The number of aromatic nitrogens is 1. The molecule has 1 aromatic carbocycles. The minimum atomic E-state index is -0.875. The van der Waals surface area contributed by atoms with E-state index in [9.17, 15) is 9.90 Å². The van der Waals surface area contributed by atoms with Crippen molar-refractivity contribution in [3.05, 3.63) is 41.7 Å². The summed E-state index contributed by atoms with van der Waals surface area (Å²) >= 11 is 0. The van der Waals surface area contributed by atoms with Gasteiger partial charge in [0.1, 0.15) is 17.4 Å². The molecule has 5 nitrogen and oxygen atoms in total. The third-order valence-corrected chi connectivity index (χ3v) is 3.28. The first-order chi connectivity index (χ1) is 9.66. The van der Waals surface area contributed by atoms with Gasteiger partial charge < -0.3 is 14.9 Å². The highest BCUT2D eigenvalue weighted by Crippen LogP contribution is 2.30. The Bertz CT molecular complexity index is 615. The maximum atomic E-state index is 12.4. The second-order valence-corrected chi connectivity index (χ2v) is 5.06. The van der Waals surface area contributed by atoms with Gasteiger partial charge in [-0.15, -0.1) is 0 Å². The number of nitrogens with zero attached hydrogens (tertiary/aromatic N) is 1. The average molecular weight is 272 g/mol. The third kappa shape index (κ3) is 2.44. The highest BCUT2D eigenvalue weighted by atomic mass is 16.5. The molecule has 2 aromatic rings. The lowest BCUT2D eigenvalue weighted by Crippen LogP contribution is -2.26. The standard InChI is InChI=1S/C15H16N2O3/c1-9(18)14-12(15(19)16-11-7-8-11)13(17-20-14)10-5-3-2-4-6-10/h2-6,9,11,18H,7-8H2,1H3,(H,16,19)/t9-/m0/s1. The van der Waals surface area contributed by atoms with Crippen LogP contribution >= 0.6 is 0 Å². The molecule has 1 aliphatic carbocycles. The number of nitrogens with one attached hydrogen (secondary N) is 1. The van der Waals surface area contributed by atoms with Gasteiger partial charge in [-0.3, -0.25) is 4.79 Å². The molecule has 1 fully saturated rings. The Morgan fingerprint density at radius 3 is 2.70 bits per heavy atom. The molecule has 0 aliphatic heterocycles. The Morgan fingerprint density at radius 1 is 1.40 bits per heavy atom. The number of aliphatic hydroxyl groups excluding tert-OH is 1. The number of benzene rings is 1. The maximum absolute atomic E-state index is 12.4. The van der Waals surface area contributed by atoms with Crippen LogP contribution in [0, 0.1) is 0 Å². The van der Waals surface area contributed by atoms with Crippen LogP contribution in [-0.2, 0) is 0 Å². The Kier molecular flexibility index (Phi) is 3.28. The van der Waals surface area contributed by atoms with Gasteiger partial charge in [0.15, 0.2) is 5.76 Å². The van der Waals surface area contributed by atoms with Crippen molar-refractivity contribution in [1.29, 1.82) is 0 Å². The normalized spacial score (nSPS) is 15.9. The summed E-state index contributed by atoms with van der Waals surface area (Å²) in [5, 5.41) is 16.6. The summed E-state index contributed by atoms with van der Waals surface area (Å²) in [5.74, 6) is -0.0227. The summed E-state index contributed by atoms with van der Waals surface area (Å²) in [6, 6.07) is 9.59. The molecule has 1 atom stereocenters. The molecule has 5 heteroatoms. The van der Waals surface area contributed by atoms with Gasteiger partial charge in [-0.1, -0.05) is 35.5 Å². The molecule has 0 bridgehead atoms. The summed E-state index contributed by atoms with van der Waals surface area (Å²) in [6.07, 6.45) is 1.13. The van der Waals surface area contributed by atoms with E-state index in [2.05, 4.69) is 10.5 Å². The van der Waals surface area contributed by atoms with Gasteiger partial charge in [-0.05, 0) is 19.8 Å². The minimum Gasteiger partial charge on any atom is -0.385 e. The average Bonchev–Trinajstić information content (AvgIpc) is 3.14. The minimum absolute atomic E-state index is 0.210. The van der Waals surface area contributed by atoms with Gasteiger partial charge in [-0.25, -0.2) is 0 Å². The number of carbonyl (C=O) groups excluding carboxylic acids is 1. The van der Waals surface area contributed by atoms with Crippen LogP contribution in [0.2, 0.25) is 0 Å². The number of aliphatic hydroxyl groups is 1. The SMILES string of the molecule is C[C@H](O)c1onc(-c2ccccc2)c1C(=O)NC1CC1. The van der Waals surface area contributed by atoms with E-state index in [4.69, 9.17) is 4.52 Å². The van der Waals surface area contributed by atoms with Crippen molar-refractivity contribution in [1.82, 2.24) is 10.5 Å². The van der Waals surface area contributed by atoms with Crippen LogP contribution < -0.4 is 5.32 Å². The zero-order valence-corrected chi connectivity index (χ0v) is 11.2. The van der Waals surface area contributed by atoms with Crippen molar-refractivity contribution in [2.75, 3.05) is 0 Å². The topological polar surface area (TPSA) is 75.4 Å². The molecule has 1 saturated carbocycles. The van der Waals surface area contributed by atoms with E-state index in [1.54, 1.807) is 6.92 Å². The number of carbonyl (C=O) groups is 1. The van der Waals surface area contributed by atoms with Crippen LogP contribution in [-0.4, -0.2) is 22.2 Å². The Morgan fingerprint density at radius 2 is 2.10 bits per heavy atom.